The largest absolute Gasteiger partial charge is 0.453 e. The summed E-state index contributed by atoms with van der Waals surface area (Å²) >= 11 is 0. The van der Waals surface area contributed by atoms with E-state index >= 15 is 0 Å². The fraction of sp³-hybridized carbons (Fsp3) is 0.478. The minimum absolute atomic E-state index is 0.0718. The van der Waals surface area contributed by atoms with Crippen molar-refractivity contribution in [2.45, 2.75) is 102 Å². The molecule has 0 radical (unpaired) electrons. The molecule has 3 aromatic carbocycles. The Bertz CT molecular complexity index is 2490. The van der Waals surface area contributed by atoms with E-state index in [9.17, 15) is 28.7 Å². The molecule has 0 saturated carbocycles. The molecule has 63 heavy (non-hydrogen) atoms. The maximum atomic E-state index is 14.4. The molecule has 16 nitrogen and oxygen atoms in total. The molecular formula is C46H56FN9O7. The van der Waals surface area contributed by atoms with Crippen molar-refractivity contribution < 1.29 is 38.1 Å². The van der Waals surface area contributed by atoms with Crippen LogP contribution in [0.3, 0.4) is 0 Å². The molecule has 0 aliphatic carbocycles. The average molecular weight is 866 g/mol. The van der Waals surface area contributed by atoms with E-state index in [1.165, 1.54) is 26.4 Å². The van der Waals surface area contributed by atoms with Crippen LogP contribution in [-0.4, -0.2) is 104 Å². The number of rotatable bonds is 11. The van der Waals surface area contributed by atoms with Gasteiger partial charge in [0.25, 0.3) is 0 Å². The third kappa shape index (κ3) is 8.62. The molecule has 5 aromatic rings. The van der Waals surface area contributed by atoms with Gasteiger partial charge in [0.1, 0.15) is 29.5 Å². The Morgan fingerprint density at radius 2 is 1.22 bits per heavy atom. The number of anilines is 1. The Hall–Kier alpha value is -6.23. The summed E-state index contributed by atoms with van der Waals surface area (Å²) in [5.74, 6) is 0.0405. The van der Waals surface area contributed by atoms with Crippen molar-refractivity contribution >= 4 is 51.8 Å². The molecule has 17 heteroatoms. The molecule has 5 heterocycles. The minimum Gasteiger partial charge on any atom is -0.453 e. The monoisotopic (exact) mass is 865 g/mol. The van der Waals surface area contributed by atoms with Gasteiger partial charge in [-0.1, -0.05) is 39.8 Å². The Morgan fingerprint density at radius 1 is 0.714 bits per heavy atom. The number of imidazole rings is 2. The number of likely N-dealkylation sites (tertiary alicyclic amines) is 2. The highest BCUT2D eigenvalue weighted by Crippen LogP contribution is 2.48. The van der Waals surface area contributed by atoms with Crippen molar-refractivity contribution in [3.63, 3.8) is 0 Å². The van der Waals surface area contributed by atoms with Gasteiger partial charge < -0.3 is 49.9 Å². The van der Waals surface area contributed by atoms with Crippen LogP contribution in [0, 0.1) is 17.7 Å². The molecule has 5 N–H and O–H groups in total. The molecule has 3 unspecified atom stereocenters. The molecule has 8 rings (SSSR count). The molecular weight excluding hydrogens is 810 g/mol. The summed E-state index contributed by atoms with van der Waals surface area (Å²) in [5, 5.41) is 16.1. The van der Waals surface area contributed by atoms with E-state index in [4.69, 9.17) is 19.4 Å². The number of hydrogen-bond acceptors (Lipinski definition) is 10. The Labute approximate surface area is 364 Å². The van der Waals surface area contributed by atoms with E-state index in [1.54, 1.807) is 9.80 Å². The number of hydrogen-bond donors (Lipinski definition) is 5. The lowest BCUT2D eigenvalue weighted by molar-refractivity contribution is -0.136. The van der Waals surface area contributed by atoms with Crippen LogP contribution in [0.2, 0.25) is 0 Å². The number of amides is 4. The number of halogens is 1. The second-order valence-corrected chi connectivity index (χ2v) is 17.6. The number of benzene rings is 3. The molecule has 7 atom stereocenters. The highest BCUT2D eigenvalue weighted by atomic mass is 19.1. The summed E-state index contributed by atoms with van der Waals surface area (Å²) in [5.41, 5.74) is 6.06. The average Bonchev–Trinajstić information content (AvgIpc) is 4.12. The number of β-amino-alcohol motifs (C(OH)–C–C–N with tert-alkyl or cyclic N) is 1. The van der Waals surface area contributed by atoms with Gasteiger partial charge in [0.2, 0.25) is 11.8 Å². The van der Waals surface area contributed by atoms with Gasteiger partial charge in [0.15, 0.2) is 0 Å². The summed E-state index contributed by atoms with van der Waals surface area (Å²) in [4.78, 5) is 74.4. The first-order valence-electron chi connectivity index (χ1n) is 21.8. The van der Waals surface area contributed by atoms with Crippen LogP contribution in [0.15, 0.2) is 60.7 Å². The van der Waals surface area contributed by atoms with Gasteiger partial charge in [0.05, 0.1) is 66.6 Å². The van der Waals surface area contributed by atoms with Crippen LogP contribution < -0.4 is 15.5 Å². The van der Waals surface area contributed by atoms with Crippen molar-refractivity contribution in [3.8, 4) is 0 Å². The van der Waals surface area contributed by atoms with Crippen LogP contribution in [0.1, 0.15) is 107 Å². The number of ether oxygens (including phenoxy) is 2. The molecule has 334 valence electrons. The topological polar surface area (TPSA) is 198 Å². The molecule has 3 aliphatic heterocycles. The normalized spacial score (nSPS) is 22.3. The number of fused-ring (bicyclic) bond motifs is 2. The van der Waals surface area contributed by atoms with Gasteiger partial charge in [-0.05, 0) is 97.2 Å². The number of alkyl carbamates (subject to hydrolysis) is 2. The highest BCUT2D eigenvalue weighted by Gasteiger charge is 2.42. The van der Waals surface area contributed by atoms with E-state index in [0.717, 1.165) is 59.0 Å². The zero-order chi connectivity index (χ0) is 44.7. The number of nitrogens with zero attached hydrogens (tertiary/aromatic N) is 5. The van der Waals surface area contributed by atoms with Gasteiger partial charge in [0, 0.05) is 25.2 Å². The van der Waals surface area contributed by atoms with E-state index < -0.39 is 36.4 Å². The lowest BCUT2D eigenvalue weighted by Crippen LogP contribution is -2.51. The van der Waals surface area contributed by atoms with Crippen LogP contribution in [0.4, 0.5) is 19.7 Å². The lowest BCUT2D eigenvalue weighted by atomic mass is 10.0. The van der Waals surface area contributed by atoms with Crippen molar-refractivity contribution in [2.75, 3.05) is 32.2 Å². The van der Waals surface area contributed by atoms with Gasteiger partial charge >= 0.3 is 12.2 Å². The quantitative estimate of drug-likeness (QED) is 0.0951. The van der Waals surface area contributed by atoms with Crippen LogP contribution in [0.25, 0.3) is 22.1 Å². The van der Waals surface area contributed by atoms with Crippen molar-refractivity contribution in [2.24, 2.45) is 11.8 Å². The number of aliphatic hydroxyl groups is 1. The number of nitrogens with one attached hydrogen (secondary N) is 4. The molecule has 0 spiro atoms. The Kier molecular flexibility index (Phi) is 12.3. The second-order valence-electron chi connectivity index (χ2n) is 17.6. The number of H-pyrrole nitrogens is 2. The molecule has 3 aliphatic rings. The molecule has 2 aromatic heterocycles. The minimum atomic E-state index is -0.848. The summed E-state index contributed by atoms with van der Waals surface area (Å²) in [7, 11) is 2.53. The van der Waals surface area contributed by atoms with Crippen molar-refractivity contribution in [1.82, 2.24) is 40.4 Å². The number of carbonyl (C=O) groups excluding carboxylic acids is 4. The number of aliphatic hydroxyl groups excluding tert-OH is 1. The smallest absolute Gasteiger partial charge is 0.407 e. The van der Waals surface area contributed by atoms with E-state index in [-0.39, 0.29) is 60.6 Å². The third-order valence-corrected chi connectivity index (χ3v) is 12.8. The van der Waals surface area contributed by atoms with Crippen LogP contribution in [0.5, 0.6) is 0 Å². The highest BCUT2D eigenvalue weighted by molar-refractivity contribution is 5.88. The first kappa shape index (κ1) is 43.4. The number of aromatic amines is 2. The van der Waals surface area contributed by atoms with E-state index in [1.807, 2.05) is 52.0 Å². The standard InChI is InChI=1S/C46H56FN9O7/c1-24(2)39(52-45(60)62-5)43(58)54-19-7-8-37(54)41-48-31-15-9-26(20-33(31)50-41)35-17-18-36(56(35)29-13-11-28(47)12-14-29)27-10-16-32-34(21-27)51-42(49-32)38-22-30(57)23-55(38)44(59)40(25(3)4)53-46(61)63-6/h9-16,20-21,24-25,30,35-40,57H,7-8,17-19,22-23H2,1-6H3,(H,48,50)(H,49,51)(H,52,60)(H,53,61)/t30-,35?,36?,37-,38-,39?,40-/m0/s1. The second kappa shape index (κ2) is 17.9. The summed E-state index contributed by atoms with van der Waals surface area (Å²) in [6, 6.07) is 16.3. The number of methoxy groups -OCH3 is 2. The Balaban J connectivity index is 1.07. The van der Waals surface area contributed by atoms with Gasteiger partial charge in [-0.25, -0.2) is 23.9 Å². The third-order valence-electron chi connectivity index (χ3n) is 12.8. The molecule has 0 bridgehead atoms. The molecule has 3 fully saturated rings. The van der Waals surface area contributed by atoms with Crippen LogP contribution in [-0.2, 0) is 19.1 Å². The fourth-order valence-electron chi connectivity index (χ4n) is 9.65. The van der Waals surface area contributed by atoms with E-state index in [0.29, 0.717) is 23.7 Å². The van der Waals surface area contributed by atoms with Crippen molar-refractivity contribution in [3.05, 3.63) is 89.3 Å². The lowest BCUT2D eigenvalue weighted by Gasteiger charge is -2.33. The summed E-state index contributed by atoms with van der Waals surface area (Å²) in [6.45, 7) is 8.11. The number of carbonyl (C=O) groups is 4. The summed E-state index contributed by atoms with van der Waals surface area (Å²) < 4.78 is 23.9. The van der Waals surface area contributed by atoms with Crippen LogP contribution >= 0.6 is 0 Å². The predicted molar refractivity (Wildman–Crippen MR) is 233 cm³/mol. The zero-order valence-electron chi connectivity index (χ0n) is 36.4. The predicted octanol–water partition coefficient (Wildman–Crippen LogP) is 6.72. The summed E-state index contributed by atoms with van der Waals surface area (Å²) in [6.07, 6.45) is 1.32. The van der Waals surface area contributed by atoms with E-state index in [2.05, 4.69) is 49.8 Å². The maximum absolute atomic E-state index is 14.4. The first-order chi connectivity index (χ1) is 30.2. The SMILES string of the molecule is COC(=O)NC(C(=O)N1CCC[C@H]1c1nc2ccc(C3CCC(c4ccc5nc([C@@H]6C[C@H](O)CN6C(=O)[C@@H](NC(=O)OC)C(C)C)[nH]c5c4)N3c3ccc(F)cc3)cc2[nH]1)C(C)C. The fourth-order valence-corrected chi connectivity index (χ4v) is 9.65. The van der Waals surface area contributed by atoms with Gasteiger partial charge in [-0.3, -0.25) is 9.59 Å². The number of aromatic nitrogens is 4. The molecule has 4 amide bonds. The zero-order valence-corrected chi connectivity index (χ0v) is 36.4. The molecule has 3 saturated heterocycles. The van der Waals surface area contributed by atoms with Gasteiger partial charge in [-0.15, -0.1) is 0 Å². The Morgan fingerprint density at radius 3 is 1.73 bits per heavy atom. The first-order valence-corrected chi connectivity index (χ1v) is 21.8. The van der Waals surface area contributed by atoms with Gasteiger partial charge in [-0.2, -0.15) is 0 Å². The van der Waals surface area contributed by atoms with Crippen molar-refractivity contribution in [1.29, 1.82) is 0 Å². The maximum Gasteiger partial charge on any atom is 0.407 e.